The maximum atomic E-state index is 12.8. The molecule has 0 aliphatic heterocycles. The average molecular weight is 174 g/mol. The lowest BCUT2D eigenvalue weighted by Gasteiger charge is -2.03. The second kappa shape index (κ2) is 3.49. The van der Waals surface area contributed by atoms with Gasteiger partial charge in [-0.3, -0.25) is 0 Å². The summed E-state index contributed by atoms with van der Waals surface area (Å²) in [5.41, 5.74) is -0.280. The van der Waals surface area contributed by atoms with E-state index in [1.807, 2.05) is 0 Å². The van der Waals surface area contributed by atoms with Crippen molar-refractivity contribution in [3.8, 4) is 5.75 Å². The van der Waals surface area contributed by atoms with E-state index >= 15 is 0 Å². The Bertz CT molecular complexity index is 287. The van der Waals surface area contributed by atoms with Crippen LogP contribution in [0.4, 0.5) is 8.78 Å². The molecule has 0 atom stereocenters. The van der Waals surface area contributed by atoms with Crippen LogP contribution in [0.25, 0.3) is 0 Å². The van der Waals surface area contributed by atoms with Crippen LogP contribution >= 0.6 is 0 Å². The van der Waals surface area contributed by atoms with Crippen LogP contribution in [-0.4, -0.2) is 16.8 Å². The molecular formula is C8H8F2O2. The fourth-order valence-corrected chi connectivity index (χ4v) is 0.926. The summed E-state index contributed by atoms with van der Waals surface area (Å²) < 4.78 is 25.6. The topological polar surface area (TPSA) is 40.5 Å². The molecule has 1 rings (SSSR count). The van der Waals surface area contributed by atoms with Crippen molar-refractivity contribution in [2.24, 2.45) is 0 Å². The molecule has 1 aromatic carbocycles. The Hall–Kier alpha value is -1.16. The number of aromatic hydroxyl groups is 1. The highest BCUT2D eigenvalue weighted by Gasteiger charge is 2.11. The molecule has 0 heterocycles. The van der Waals surface area contributed by atoms with Gasteiger partial charge >= 0.3 is 0 Å². The van der Waals surface area contributed by atoms with E-state index in [2.05, 4.69) is 0 Å². The van der Waals surface area contributed by atoms with Crippen LogP contribution in [0.2, 0.25) is 0 Å². The first-order chi connectivity index (χ1) is 5.66. The molecule has 0 radical (unpaired) electrons. The van der Waals surface area contributed by atoms with Crippen molar-refractivity contribution in [3.63, 3.8) is 0 Å². The third-order valence-electron chi connectivity index (χ3n) is 1.53. The van der Waals surface area contributed by atoms with Crippen LogP contribution in [0.5, 0.6) is 5.75 Å². The second-order valence-corrected chi connectivity index (χ2v) is 2.33. The number of aliphatic hydroxyl groups is 1. The van der Waals surface area contributed by atoms with E-state index in [0.29, 0.717) is 0 Å². The summed E-state index contributed by atoms with van der Waals surface area (Å²) in [7, 11) is 0. The van der Waals surface area contributed by atoms with Gasteiger partial charge in [-0.05, 0) is 12.1 Å². The fraction of sp³-hybridized carbons (Fsp3) is 0.250. The van der Waals surface area contributed by atoms with Crippen LogP contribution in [0.15, 0.2) is 12.1 Å². The largest absolute Gasteiger partial charge is 0.505 e. The maximum Gasteiger partial charge on any atom is 0.170 e. The van der Waals surface area contributed by atoms with Gasteiger partial charge in [0.15, 0.2) is 11.6 Å². The quantitative estimate of drug-likeness (QED) is 0.707. The Morgan fingerprint density at radius 2 is 1.92 bits per heavy atom. The van der Waals surface area contributed by atoms with Gasteiger partial charge in [0.25, 0.3) is 0 Å². The van der Waals surface area contributed by atoms with Crippen molar-refractivity contribution in [1.82, 2.24) is 0 Å². The summed E-state index contributed by atoms with van der Waals surface area (Å²) in [6, 6.07) is 1.90. The van der Waals surface area contributed by atoms with Crippen molar-refractivity contribution in [2.45, 2.75) is 6.42 Å². The number of halogens is 2. The summed E-state index contributed by atoms with van der Waals surface area (Å²) in [6.07, 6.45) is -0.133. The summed E-state index contributed by atoms with van der Waals surface area (Å²) in [5.74, 6) is -2.34. The molecule has 2 N–H and O–H groups in total. The van der Waals surface area contributed by atoms with E-state index in [4.69, 9.17) is 10.2 Å². The van der Waals surface area contributed by atoms with Gasteiger partial charge in [-0.1, -0.05) is 0 Å². The minimum atomic E-state index is -0.996. The molecule has 2 nitrogen and oxygen atoms in total. The molecule has 66 valence electrons. The van der Waals surface area contributed by atoms with Gasteiger partial charge in [0, 0.05) is 18.6 Å². The maximum absolute atomic E-state index is 12.8. The highest BCUT2D eigenvalue weighted by Crippen LogP contribution is 2.21. The smallest absolute Gasteiger partial charge is 0.170 e. The number of hydrogen-bond donors (Lipinski definition) is 2. The lowest BCUT2D eigenvalue weighted by Crippen LogP contribution is -1.99. The van der Waals surface area contributed by atoms with E-state index < -0.39 is 17.4 Å². The zero-order valence-electron chi connectivity index (χ0n) is 6.22. The molecule has 0 aromatic heterocycles. The van der Waals surface area contributed by atoms with Crippen molar-refractivity contribution >= 4 is 0 Å². The van der Waals surface area contributed by atoms with Crippen LogP contribution in [0, 0.1) is 11.6 Å². The summed E-state index contributed by atoms with van der Waals surface area (Å²) in [4.78, 5) is 0. The zero-order chi connectivity index (χ0) is 9.14. The normalized spacial score (nSPS) is 10.2. The summed E-state index contributed by atoms with van der Waals surface area (Å²) in [5, 5.41) is 17.3. The van der Waals surface area contributed by atoms with Crippen molar-refractivity contribution < 1.29 is 19.0 Å². The molecule has 0 spiro atoms. The number of hydrogen-bond acceptors (Lipinski definition) is 2. The van der Waals surface area contributed by atoms with Crippen LogP contribution in [0.3, 0.4) is 0 Å². The Balaban J connectivity index is 3.14. The van der Waals surface area contributed by atoms with Crippen LogP contribution < -0.4 is 0 Å². The minimum Gasteiger partial charge on any atom is -0.505 e. The van der Waals surface area contributed by atoms with Crippen molar-refractivity contribution in [3.05, 3.63) is 29.3 Å². The van der Waals surface area contributed by atoms with Gasteiger partial charge in [-0.25, -0.2) is 8.78 Å². The van der Waals surface area contributed by atoms with Gasteiger partial charge in [-0.15, -0.1) is 0 Å². The van der Waals surface area contributed by atoms with E-state index in [1.54, 1.807) is 0 Å². The van der Waals surface area contributed by atoms with E-state index in [0.717, 1.165) is 12.1 Å². The molecule has 0 saturated carbocycles. The standard InChI is InChI=1S/C8H8F2O2/c9-6-1-2-7(12)8(10)5(6)3-4-11/h1-2,11-12H,3-4H2. The molecule has 0 aliphatic carbocycles. The van der Waals surface area contributed by atoms with E-state index in [1.165, 1.54) is 0 Å². The number of aliphatic hydroxyl groups excluding tert-OH is 1. The van der Waals surface area contributed by atoms with Gasteiger partial charge in [0.2, 0.25) is 0 Å². The third-order valence-corrected chi connectivity index (χ3v) is 1.53. The first-order valence-corrected chi connectivity index (χ1v) is 3.43. The lowest BCUT2D eigenvalue weighted by atomic mass is 10.1. The van der Waals surface area contributed by atoms with E-state index in [9.17, 15) is 8.78 Å². The highest BCUT2D eigenvalue weighted by molar-refractivity contribution is 5.31. The molecule has 0 saturated heterocycles. The van der Waals surface area contributed by atoms with Gasteiger partial charge in [0.05, 0.1) is 0 Å². The SMILES string of the molecule is OCCc1c(F)ccc(O)c1F. The molecule has 1 aromatic rings. The molecule has 0 bridgehead atoms. The van der Waals surface area contributed by atoms with Gasteiger partial charge in [0.1, 0.15) is 5.82 Å². The fourth-order valence-electron chi connectivity index (χ4n) is 0.926. The molecule has 0 amide bonds. The Morgan fingerprint density at radius 1 is 1.25 bits per heavy atom. The average Bonchev–Trinajstić information content (AvgIpc) is 2.06. The van der Waals surface area contributed by atoms with Crippen LogP contribution in [0.1, 0.15) is 5.56 Å². The predicted molar refractivity (Wildman–Crippen MR) is 38.8 cm³/mol. The number of phenolic OH excluding ortho intramolecular Hbond substituents is 1. The molecule has 4 heteroatoms. The van der Waals surface area contributed by atoms with E-state index in [-0.39, 0.29) is 18.6 Å². The Morgan fingerprint density at radius 3 is 2.50 bits per heavy atom. The monoisotopic (exact) mass is 174 g/mol. The Kier molecular flexibility index (Phi) is 2.60. The number of rotatable bonds is 2. The number of phenols is 1. The molecular weight excluding hydrogens is 166 g/mol. The van der Waals surface area contributed by atoms with Gasteiger partial charge < -0.3 is 10.2 Å². The van der Waals surface area contributed by atoms with Gasteiger partial charge in [-0.2, -0.15) is 0 Å². The molecule has 0 unspecified atom stereocenters. The van der Waals surface area contributed by atoms with Crippen molar-refractivity contribution in [2.75, 3.05) is 6.61 Å². The minimum absolute atomic E-state index is 0.133. The Labute approximate surface area is 68.1 Å². The predicted octanol–water partition coefficient (Wildman–Crippen LogP) is 1.21. The molecule has 12 heavy (non-hydrogen) atoms. The molecule has 0 fully saturated rings. The first kappa shape index (κ1) is 8.93. The highest BCUT2D eigenvalue weighted by atomic mass is 19.1. The molecule has 0 aliphatic rings. The van der Waals surface area contributed by atoms with Crippen molar-refractivity contribution in [1.29, 1.82) is 0 Å². The first-order valence-electron chi connectivity index (χ1n) is 3.43. The summed E-state index contributed by atoms with van der Waals surface area (Å²) in [6.45, 7) is -0.350. The summed E-state index contributed by atoms with van der Waals surface area (Å²) >= 11 is 0. The zero-order valence-corrected chi connectivity index (χ0v) is 6.22. The third kappa shape index (κ3) is 1.53. The lowest BCUT2D eigenvalue weighted by molar-refractivity contribution is 0.294. The second-order valence-electron chi connectivity index (χ2n) is 2.33. The number of benzene rings is 1. The van der Waals surface area contributed by atoms with Crippen LogP contribution in [-0.2, 0) is 6.42 Å².